The number of ether oxygens (including phenoxy) is 1. The third-order valence-electron chi connectivity index (χ3n) is 3.26. The summed E-state index contributed by atoms with van der Waals surface area (Å²) in [5, 5.41) is 7.50. The van der Waals surface area contributed by atoms with Crippen LogP contribution in [0.5, 0.6) is 11.5 Å². The average Bonchev–Trinajstić information content (AvgIpc) is 2.38. The fourth-order valence-electron chi connectivity index (χ4n) is 2.18. The van der Waals surface area contributed by atoms with Gasteiger partial charge in [0.25, 0.3) is 0 Å². The summed E-state index contributed by atoms with van der Waals surface area (Å²) in [4.78, 5) is 0. The van der Waals surface area contributed by atoms with Gasteiger partial charge in [-0.2, -0.15) is 0 Å². The van der Waals surface area contributed by atoms with E-state index < -0.39 is 0 Å². The maximum Gasteiger partial charge on any atom is 0.130 e. The molecule has 0 aliphatic heterocycles. The molecule has 2 rings (SSSR count). The standard InChI is InChI=1S/C17H20N2O/c1-11(2)14-6-4-5-7-16(14)20-13-8-9-15(17(18)19)12(3)10-13/h4-11H,1-3H3,(H3,18,19). The van der Waals surface area contributed by atoms with Gasteiger partial charge in [0.15, 0.2) is 0 Å². The Morgan fingerprint density at radius 1 is 1.15 bits per heavy atom. The predicted octanol–water partition coefficient (Wildman–Crippen LogP) is 4.19. The third kappa shape index (κ3) is 2.99. The number of nitrogens with two attached hydrogens (primary N) is 1. The molecule has 0 saturated carbocycles. The number of hydrogen-bond acceptors (Lipinski definition) is 2. The molecular weight excluding hydrogens is 248 g/mol. The fourth-order valence-corrected chi connectivity index (χ4v) is 2.18. The summed E-state index contributed by atoms with van der Waals surface area (Å²) in [7, 11) is 0. The summed E-state index contributed by atoms with van der Waals surface area (Å²) in [6, 6.07) is 13.6. The molecule has 0 amide bonds. The van der Waals surface area contributed by atoms with Crippen LogP contribution in [0.1, 0.15) is 36.5 Å². The number of rotatable bonds is 4. The predicted molar refractivity (Wildman–Crippen MR) is 82.8 cm³/mol. The summed E-state index contributed by atoms with van der Waals surface area (Å²) in [6.45, 7) is 6.22. The van der Waals surface area contributed by atoms with E-state index in [9.17, 15) is 0 Å². The van der Waals surface area contributed by atoms with Crippen molar-refractivity contribution in [2.45, 2.75) is 26.7 Å². The van der Waals surface area contributed by atoms with Gasteiger partial charge in [0.05, 0.1) is 0 Å². The summed E-state index contributed by atoms with van der Waals surface area (Å²) >= 11 is 0. The second kappa shape index (κ2) is 5.78. The molecule has 0 spiro atoms. The van der Waals surface area contributed by atoms with Crippen LogP contribution in [-0.2, 0) is 0 Å². The Bertz CT molecular complexity index is 633. The second-order valence-electron chi connectivity index (χ2n) is 5.18. The molecule has 0 atom stereocenters. The summed E-state index contributed by atoms with van der Waals surface area (Å²) < 4.78 is 5.98. The molecule has 0 bridgehead atoms. The van der Waals surface area contributed by atoms with Crippen LogP contribution in [0.3, 0.4) is 0 Å². The SMILES string of the molecule is Cc1cc(Oc2ccccc2C(C)C)ccc1C(=N)N. The van der Waals surface area contributed by atoms with Crippen LogP contribution in [0.2, 0.25) is 0 Å². The van der Waals surface area contributed by atoms with Gasteiger partial charge in [0.1, 0.15) is 17.3 Å². The van der Waals surface area contributed by atoms with Crippen molar-refractivity contribution in [3.63, 3.8) is 0 Å². The highest BCUT2D eigenvalue weighted by Crippen LogP contribution is 2.30. The lowest BCUT2D eigenvalue weighted by Gasteiger charge is -2.14. The lowest BCUT2D eigenvalue weighted by atomic mass is 10.0. The zero-order valence-electron chi connectivity index (χ0n) is 12.1. The van der Waals surface area contributed by atoms with Gasteiger partial charge >= 0.3 is 0 Å². The molecule has 0 unspecified atom stereocenters. The minimum Gasteiger partial charge on any atom is -0.457 e. The van der Waals surface area contributed by atoms with Gasteiger partial charge in [-0.1, -0.05) is 32.0 Å². The van der Waals surface area contributed by atoms with Gasteiger partial charge < -0.3 is 10.5 Å². The smallest absolute Gasteiger partial charge is 0.130 e. The Kier molecular flexibility index (Phi) is 4.08. The third-order valence-corrected chi connectivity index (χ3v) is 3.26. The Hall–Kier alpha value is -2.29. The number of hydrogen-bond donors (Lipinski definition) is 2. The van der Waals surface area contributed by atoms with Crippen molar-refractivity contribution < 1.29 is 4.74 Å². The first-order valence-electron chi connectivity index (χ1n) is 6.71. The Labute approximate surface area is 119 Å². The zero-order valence-corrected chi connectivity index (χ0v) is 12.1. The molecule has 3 nitrogen and oxygen atoms in total. The molecule has 2 aromatic rings. The van der Waals surface area contributed by atoms with Crippen LogP contribution in [0, 0.1) is 12.3 Å². The van der Waals surface area contributed by atoms with Crippen LogP contribution >= 0.6 is 0 Å². The molecule has 0 aliphatic carbocycles. The van der Waals surface area contributed by atoms with Crippen molar-refractivity contribution in [2.24, 2.45) is 5.73 Å². The molecule has 2 aromatic carbocycles. The van der Waals surface area contributed by atoms with E-state index in [2.05, 4.69) is 19.9 Å². The van der Waals surface area contributed by atoms with E-state index in [1.54, 1.807) is 0 Å². The fraction of sp³-hybridized carbons (Fsp3) is 0.235. The van der Waals surface area contributed by atoms with Crippen molar-refractivity contribution in [2.75, 3.05) is 0 Å². The number of aryl methyl sites for hydroxylation is 1. The number of benzene rings is 2. The largest absolute Gasteiger partial charge is 0.457 e. The molecule has 20 heavy (non-hydrogen) atoms. The first-order valence-corrected chi connectivity index (χ1v) is 6.71. The summed E-state index contributed by atoms with van der Waals surface area (Å²) in [5.74, 6) is 2.12. The molecule has 3 heteroatoms. The molecule has 0 aliphatic rings. The minimum atomic E-state index is 0.0802. The van der Waals surface area contributed by atoms with Crippen LogP contribution in [0.25, 0.3) is 0 Å². The molecule has 0 aromatic heterocycles. The zero-order chi connectivity index (χ0) is 14.7. The number of nitrogen functional groups attached to an aromatic ring is 1. The molecule has 0 heterocycles. The second-order valence-corrected chi connectivity index (χ2v) is 5.18. The average molecular weight is 268 g/mol. The van der Waals surface area contributed by atoms with Gasteiger partial charge in [-0.25, -0.2) is 0 Å². The first kappa shape index (κ1) is 14.1. The highest BCUT2D eigenvalue weighted by atomic mass is 16.5. The van der Waals surface area contributed by atoms with Gasteiger partial charge in [0.2, 0.25) is 0 Å². The van der Waals surface area contributed by atoms with Crippen molar-refractivity contribution in [3.05, 3.63) is 59.2 Å². The molecule has 0 radical (unpaired) electrons. The first-order chi connectivity index (χ1) is 9.49. The van der Waals surface area contributed by atoms with E-state index in [-0.39, 0.29) is 5.84 Å². The van der Waals surface area contributed by atoms with Crippen LogP contribution in [0.15, 0.2) is 42.5 Å². The Morgan fingerprint density at radius 2 is 1.85 bits per heavy atom. The van der Waals surface area contributed by atoms with E-state index in [0.29, 0.717) is 5.92 Å². The quantitative estimate of drug-likeness (QED) is 0.645. The molecule has 104 valence electrons. The summed E-state index contributed by atoms with van der Waals surface area (Å²) in [5.41, 5.74) is 8.39. The van der Waals surface area contributed by atoms with Gasteiger partial charge in [-0.05, 0) is 48.2 Å². The molecular formula is C17H20N2O. The van der Waals surface area contributed by atoms with Crippen molar-refractivity contribution in [1.29, 1.82) is 5.41 Å². The maximum atomic E-state index is 7.50. The number of nitrogens with one attached hydrogen (secondary N) is 1. The van der Waals surface area contributed by atoms with E-state index in [1.165, 1.54) is 5.56 Å². The van der Waals surface area contributed by atoms with Crippen molar-refractivity contribution in [1.82, 2.24) is 0 Å². The maximum absolute atomic E-state index is 7.50. The van der Waals surface area contributed by atoms with Gasteiger partial charge in [0, 0.05) is 5.56 Å². The van der Waals surface area contributed by atoms with E-state index in [1.807, 2.05) is 43.3 Å². The lowest BCUT2D eigenvalue weighted by molar-refractivity contribution is 0.472. The van der Waals surface area contributed by atoms with E-state index in [4.69, 9.17) is 15.9 Å². The van der Waals surface area contributed by atoms with Crippen LogP contribution < -0.4 is 10.5 Å². The molecule has 0 saturated heterocycles. The lowest BCUT2D eigenvalue weighted by Crippen LogP contribution is -2.12. The van der Waals surface area contributed by atoms with Crippen LogP contribution in [0.4, 0.5) is 0 Å². The van der Waals surface area contributed by atoms with E-state index >= 15 is 0 Å². The van der Waals surface area contributed by atoms with Crippen LogP contribution in [-0.4, -0.2) is 5.84 Å². The number of para-hydroxylation sites is 1. The normalized spacial score (nSPS) is 10.6. The van der Waals surface area contributed by atoms with Crippen molar-refractivity contribution >= 4 is 5.84 Å². The van der Waals surface area contributed by atoms with Gasteiger partial charge in [-0.15, -0.1) is 0 Å². The van der Waals surface area contributed by atoms with E-state index in [0.717, 1.165) is 22.6 Å². The van der Waals surface area contributed by atoms with Gasteiger partial charge in [-0.3, -0.25) is 5.41 Å². The van der Waals surface area contributed by atoms with Crippen molar-refractivity contribution in [3.8, 4) is 11.5 Å². The highest BCUT2D eigenvalue weighted by molar-refractivity contribution is 5.96. The number of amidine groups is 1. The Balaban J connectivity index is 2.31. The molecule has 0 fully saturated rings. The topological polar surface area (TPSA) is 59.1 Å². The summed E-state index contributed by atoms with van der Waals surface area (Å²) in [6.07, 6.45) is 0. The molecule has 3 N–H and O–H groups in total. The monoisotopic (exact) mass is 268 g/mol. The Morgan fingerprint density at radius 3 is 2.45 bits per heavy atom. The minimum absolute atomic E-state index is 0.0802. The highest BCUT2D eigenvalue weighted by Gasteiger charge is 2.09.